The van der Waals surface area contributed by atoms with Gasteiger partial charge in [0.1, 0.15) is 11.6 Å². The van der Waals surface area contributed by atoms with Crippen molar-refractivity contribution in [3.63, 3.8) is 0 Å². The van der Waals surface area contributed by atoms with Crippen molar-refractivity contribution < 1.29 is 18.4 Å². The number of piperidine rings is 1. The molecule has 4 rings (SSSR count). The fourth-order valence-electron chi connectivity index (χ4n) is 3.94. The highest BCUT2D eigenvalue weighted by Gasteiger charge is 2.26. The Kier molecular flexibility index (Phi) is 7.42. The number of para-hydroxylation sites is 1. The summed E-state index contributed by atoms with van der Waals surface area (Å²) in [6.45, 7) is 2.12. The molecular formula is C25H25ClFN3O3. The lowest BCUT2D eigenvalue weighted by Gasteiger charge is -2.31. The van der Waals surface area contributed by atoms with Crippen LogP contribution in [-0.2, 0) is 17.9 Å². The maximum absolute atomic E-state index is 14.1. The van der Waals surface area contributed by atoms with Gasteiger partial charge < -0.3 is 15.1 Å². The van der Waals surface area contributed by atoms with Gasteiger partial charge in [-0.2, -0.15) is 0 Å². The molecule has 0 radical (unpaired) electrons. The molecule has 2 aromatic carbocycles. The summed E-state index contributed by atoms with van der Waals surface area (Å²) in [6.07, 6.45) is 2.87. The molecule has 0 aliphatic carbocycles. The van der Waals surface area contributed by atoms with Crippen molar-refractivity contribution in [2.75, 3.05) is 18.4 Å². The van der Waals surface area contributed by atoms with Gasteiger partial charge >= 0.3 is 0 Å². The lowest BCUT2D eigenvalue weighted by molar-refractivity contribution is -0.121. The van der Waals surface area contributed by atoms with Gasteiger partial charge in [-0.3, -0.25) is 14.5 Å². The first-order valence-corrected chi connectivity index (χ1v) is 11.2. The van der Waals surface area contributed by atoms with Crippen LogP contribution in [0.15, 0.2) is 65.3 Å². The van der Waals surface area contributed by atoms with Crippen molar-refractivity contribution in [1.82, 2.24) is 10.2 Å². The molecule has 2 heterocycles. The van der Waals surface area contributed by atoms with E-state index in [-0.39, 0.29) is 30.1 Å². The van der Waals surface area contributed by atoms with Gasteiger partial charge in [0.05, 0.1) is 24.1 Å². The quantitative estimate of drug-likeness (QED) is 0.518. The smallest absolute Gasteiger partial charge is 0.253 e. The molecule has 3 aromatic rings. The van der Waals surface area contributed by atoms with E-state index in [1.165, 1.54) is 6.07 Å². The molecule has 172 valence electrons. The zero-order valence-corrected chi connectivity index (χ0v) is 18.8. The minimum absolute atomic E-state index is 0.112. The van der Waals surface area contributed by atoms with Crippen molar-refractivity contribution in [2.24, 2.45) is 5.92 Å². The number of benzene rings is 2. The third-order valence-corrected chi connectivity index (χ3v) is 6.04. The zero-order chi connectivity index (χ0) is 23.2. The fraction of sp³-hybridized carbons (Fsp3) is 0.280. The summed E-state index contributed by atoms with van der Waals surface area (Å²) in [5.41, 5.74) is 1.47. The summed E-state index contributed by atoms with van der Waals surface area (Å²) in [7, 11) is 0. The van der Waals surface area contributed by atoms with Crippen LogP contribution in [-0.4, -0.2) is 29.8 Å². The van der Waals surface area contributed by atoms with Gasteiger partial charge in [-0.15, -0.1) is 0 Å². The Balaban J connectivity index is 1.31. The number of likely N-dealkylation sites (tertiary alicyclic amines) is 1. The van der Waals surface area contributed by atoms with Gasteiger partial charge in [0.25, 0.3) is 5.91 Å². The van der Waals surface area contributed by atoms with E-state index < -0.39 is 0 Å². The molecule has 1 fully saturated rings. The molecular weight excluding hydrogens is 445 g/mol. The molecule has 0 bridgehead atoms. The Morgan fingerprint density at radius 1 is 1.09 bits per heavy atom. The monoisotopic (exact) mass is 469 g/mol. The molecule has 8 heteroatoms. The van der Waals surface area contributed by atoms with Crippen LogP contribution in [0.1, 0.15) is 34.5 Å². The van der Waals surface area contributed by atoms with E-state index in [4.69, 9.17) is 16.0 Å². The normalized spacial score (nSPS) is 14.7. The van der Waals surface area contributed by atoms with Crippen LogP contribution in [0, 0.1) is 11.7 Å². The maximum atomic E-state index is 14.1. The second-order valence-electron chi connectivity index (χ2n) is 8.08. The molecule has 0 atom stereocenters. The Morgan fingerprint density at radius 2 is 1.88 bits per heavy atom. The van der Waals surface area contributed by atoms with Gasteiger partial charge in [0.2, 0.25) is 5.91 Å². The molecule has 0 unspecified atom stereocenters. The van der Waals surface area contributed by atoms with E-state index in [9.17, 15) is 14.0 Å². The van der Waals surface area contributed by atoms with Crippen LogP contribution in [0.3, 0.4) is 0 Å². The number of halogens is 2. The molecule has 0 spiro atoms. The molecule has 0 saturated carbocycles. The highest BCUT2D eigenvalue weighted by Crippen LogP contribution is 2.24. The third-order valence-electron chi connectivity index (χ3n) is 5.80. The first-order valence-electron chi connectivity index (χ1n) is 10.9. The van der Waals surface area contributed by atoms with Crippen LogP contribution >= 0.6 is 11.6 Å². The van der Waals surface area contributed by atoms with Crippen LogP contribution < -0.4 is 10.6 Å². The number of carbonyl (C=O) groups excluding carboxylic acids is 2. The number of nitrogens with zero attached hydrogens (tertiary/aromatic N) is 1. The average molecular weight is 470 g/mol. The predicted molar refractivity (Wildman–Crippen MR) is 124 cm³/mol. The fourth-order valence-corrected chi connectivity index (χ4v) is 4.10. The van der Waals surface area contributed by atoms with E-state index in [2.05, 4.69) is 15.5 Å². The van der Waals surface area contributed by atoms with Crippen LogP contribution in [0.5, 0.6) is 0 Å². The van der Waals surface area contributed by atoms with Crippen molar-refractivity contribution in [3.8, 4) is 0 Å². The minimum atomic E-state index is -0.315. The lowest BCUT2D eigenvalue weighted by Crippen LogP contribution is -2.38. The number of rotatable bonds is 7. The second-order valence-corrected chi connectivity index (χ2v) is 8.52. The average Bonchev–Trinajstić information content (AvgIpc) is 3.34. The Bertz CT molecular complexity index is 1110. The SMILES string of the molecule is O=C(NCc1ccco1)c1ccccc1NC(=O)C1CCN(Cc2ccc(Cl)cc2F)CC1. The second kappa shape index (κ2) is 10.6. The van der Waals surface area contributed by atoms with Crippen LogP contribution in [0.2, 0.25) is 5.02 Å². The highest BCUT2D eigenvalue weighted by molar-refractivity contribution is 6.30. The van der Waals surface area contributed by atoms with Crippen LogP contribution in [0.25, 0.3) is 0 Å². The Hall–Kier alpha value is -3.16. The van der Waals surface area contributed by atoms with Gasteiger partial charge in [-0.05, 0) is 62.3 Å². The van der Waals surface area contributed by atoms with Crippen LogP contribution in [0.4, 0.5) is 10.1 Å². The molecule has 33 heavy (non-hydrogen) atoms. The maximum Gasteiger partial charge on any atom is 0.253 e. The van der Waals surface area contributed by atoms with Gasteiger partial charge in [0.15, 0.2) is 0 Å². The van der Waals surface area contributed by atoms with Gasteiger partial charge in [-0.25, -0.2) is 4.39 Å². The summed E-state index contributed by atoms with van der Waals surface area (Å²) >= 11 is 5.82. The van der Waals surface area contributed by atoms with E-state index in [1.54, 1.807) is 54.8 Å². The first kappa shape index (κ1) is 23.0. The van der Waals surface area contributed by atoms with E-state index in [1.807, 2.05) is 0 Å². The largest absolute Gasteiger partial charge is 0.467 e. The number of nitrogens with one attached hydrogen (secondary N) is 2. The van der Waals surface area contributed by atoms with E-state index in [0.29, 0.717) is 60.1 Å². The molecule has 1 aliphatic rings. The number of hydrogen-bond acceptors (Lipinski definition) is 4. The zero-order valence-electron chi connectivity index (χ0n) is 18.0. The van der Waals surface area contributed by atoms with E-state index in [0.717, 1.165) is 0 Å². The van der Waals surface area contributed by atoms with Crippen molar-refractivity contribution in [1.29, 1.82) is 0 Å². The summed E-state index contributed by atoms with van der Waals surface area (Å²) < 4.78 is 19.3. The number of anilines is 1. The standard InChI is InChI=1S/C25H25ClFN3O3/c26-19-8-7-18(22(27)14-19)16-30-11-9-17(10-12-30)24(31)29-23-6-2-1-5-21(23)25(32)28-15-20-4-3-13-33-20/h1-8,13-14,17H,9-12,15-16H2,(H,28,32)(H,29,31). The molecule has 6 nitrogen and oxygen atoms in total. The number of furan rings is 1. The predicted octanol–water partition coefficient (Wildman–Crippen LogP) is 4.85. The minimum Gasteiger partial charge on any atom is -0.467 e. The lowest BCUT2D eigenvalue weighted by atomic mass is 9.95. The summed E-state index contributed by atoms with van der Waals surface area (Å²) in [6, 6.07) is 15.2. The molecule has 2 N–H and O–H groups in total. The molecule has 1 aliphatic heterocycles. The number of carbonyl (C=O) groups is 2. The third kappa shape index (κ3) is 6.00. The summed E-state index contributed by atoms with van der Waals surface area (Å²) in [5, 5.41) is 6.10. The van der Waals surface area contributed by atoms with Gasteiger partial charge in [0, 0.05) is 23.0 Å². The molecule has 1 aromatic heterocycles. The summed E-state index contributed by atoms with van der Waals surface area (Å²) in [5.74, 6) is -0.240. The Labute approximate surface area is 196 Å². The molecule has 2 amide bonds. The Morgan fingerprint density at radius 3 is 2.61 bits per heavy atom. The highest BCUT2D eigenvalue weighted by atomic mass is 35.5. The molecule has 1 saturated heterocycles. The number of amides is 2. The van der Waals surface area contributed by atoms with Crippen molar-refractivity contribution in [2.45, 2.75) is 25.9 Å². The number of hydrogen-bond donors (Lipinski definition) is 2. The first-order chi connectivity index (χ1) is 16.0. The topological polar surface area (TPSA) is 74.6 Å². The van der Waals surface area contributed by atoms with Crippen molar-refractivity contribution in [3.05, 3.63) is 88.6 Å². The summed E-state index contributed by atoms with van der Waals surface area (Å²) in [4.78, 5) is 27.7. The van der Waals surface area contributed by atoms with E-state index >= 15 is 0 Å². The van der Waals surface area contributed by atoms with Gasteiger partial charge in [-0.1, -0.05) is 29.8 Å². The van der Waals surface area contributed by atoms with Crippen molar-refractivity contribution >= 4 is 29.1 Å².